The normalized spacial score (nSPS) is 10.5. The Bertz CT molecular complexity index is 871. The quantitative estimate of drug-likeness (QED) is 0.664. The fraction of sp³-hybridized carbons (Fsp3) is 0.158. The average molecular weight is 354 g/mol. The Kier molecular flexibility index (Phi) is 5.00. The molecular weight excluding hydrogens is 336 g/mol. The predicted molar refractivity (Wildman–Crippen MR) is 100 cm³/mol. The van der Waals surface area contributed by atoms with Crippen molar-refractivity contribution in [3.63, 3.8) is 0 Å². The number of nitrogens with zero attached hydrogens (tertiary/aromatic N) is 1. The molecule has 0 fully saturated rings. The number of hydrogen-bond donors (Lipinski definition) is 2. The van der Waals surface area contributed by atoms with E-state index in [1.165, 1.54) is 4.88 Å². The van der Waals surface area contributed by atoms with Crippen molar-refractivity contribution < 1.29 is 14.6 Å². The summed E-state index contributed by atoms with van der Waals surface area (Å²) in [7, 11) is 1.65. The Hall–Kier alpha value is -2.86. The monoisotopic (exact) mass is 354 g/mol. The Morgan fingerprint density at radius 3 is 2.40 bits per heavy atom. The number of aromatic nitrogens is 1. The second-order valence-electron chi connectivity index (χ2n) is 5.38. The molecule has 0 saturated carbocycles. The fourth-order valence-electron chi connectivity index (χ4n) is 2.44. The number of hydrogen-bond acceptors (Lipinski definition) is 5. The molecule has 0 bridgehead atoms. The molecule has 25 heavy (non-hydrogen) atoms. The first-order valence-corrected chi connectivity index (χ1v) is 8.67. The zero-order chi connectivity index (χ0) is 17.8. The summed E-state index contributed by atoms with van der Waals surface area (Å²) in [6, 6.07) is 14.5. The van der Waals surface area contributed by atoms with E-state index >= 15 is 0 Å². The summed E-state index contributed by atoms with van der Waals surface area (Å²) >= 11 is 1.60. The maximum Gasteiger partial charge on any atom is 0.335 e. The lowest BCUT2D eigenvalue weighted by atomic mass is 10.1. The molecule has 2 N–H and O–H groups in total. The molecule has 5 nitrogen and oxygen atoms in total. The van der Waals surface area contributed by atoms with Crippen molar-refractivity contribution in [2.24, 2.45) is 0 Å². The average Bonchev–Trinajstić information content (AvgIpc) is 3.05. The van der Waals surface area contributed by atoms with Gasteiger partial charge in [0, 0.05) is 16.1 Å². The lowest BCUT2D eigenvalue weighted by Gasteiger charge is -2.03. The summed E-state index contributed by atoms with van der Waals surface area (Å²) in [6.07, 6.45) is 0.888. The summed E-state index contributed by atoms with van der Waals surface area (Å²) in [5, 5.41) is 13.0. The largest absolute Gasteiger partial charge is 0.497 e. The number of carboxylic acids is 1. The third kappa shape index (κ3) is 3.80. The van der Waals surface area contributed by atoms with Crippen LogP contribution in [0.15, 0.2) is 48.5 Å². The van der Waals surface area contributed by atoms with E-state index in [9.17, 15) is 4.79 Å². The topological polar surface area (TPSA) is 71.5 Å². The number of anilines is 2. The Morgan fingerprint density at radius 1 is 1.16 bits per heavy atom. The lowest BCUT2D eigenvalue weighted by Crippen LogP contribution is -1.96. The number of thiazole rings is 1. The van der Waals surface area contributed by atoms with Gasteiger partial charge >= 0.3 is 5.97 Å². The van der Waals surface area contributed by atoms with Gasteiger partial charge in [0.15, 0.2) is 5.13 Å². The van der Waals surface area contributed by atoms with Crippen LogP contribution in [-0.2, 0) is 6.42 Å². The Labute approximate surface area is 149 Å². The molecule has 2 aromatic carbocycles. The van der Waals surface area contributed by atoms with Crippen LogP contribution >= 0.6 is 11.3 Å². The smallest absolute Gasteiger partial charge is 0.335 e. The maximum atomic E-state index is 10.9. The highest BCUT2D eigenvalue weighted by Gasteiger charge is 2.12. The highest BCUT2D eigenvalue weighted by Crippen LogP contribution is 2.33. The van der Waals surface area contributed by atoms with E-state index in [1.807, 2.05) is 24.3 Å². The second kappa shape index (κ2) is 7.36. The number of rotatable bonds is 6. The van der Waals surface area contributed by atoms with Crippen LogP contribution in [0.1, 0.15) is 22.2 Å². The number of carboxylic acid groups (broad SMARTS) is 1. The number of nitrogens with one attached hydrogen (secondary N) is 1. The van der Waals surface area contributed by atoms with Crippen LogP contribution in [0, 0.1) is 0 Å². The Morgan fingerprint density at radius 2 is 1.84 bits per heavy atom. The van der Waals surface area contributed by atoms with Gasteiger partial charge in [-0.3, -0.25) is 0 Å². The molecule has 0 amide bonds. The number of aromatic carboxylic acids is 1. The van der Waals surface area contributed by atoms with Crippen molar-refractivity contribution in [3.05, 3.63) is 59.0 Å². The van der Waals surface area contributed by atoms with Crippen LogP contribution in [0.25, 0.3) is 11.3 Å². The summed E-state index contributed by atoms with van der Waals surface area (Å²) in [4.78, 5) is 16.8. The molecule has 0 saturated heterocycles. The molecule has 128 valence electrons. The molecule has 6 heteroatoms. The molecule has 0 atom stereocenters. The molecule has 1 aromatic heterocycles. The van der Waals surface area contributed by atoms with E-state index in [-0.39, 0.29) is 5.56 Å². The van der Waals surface area contributed by atoms with Crippen molar-refractivity contribution in [2.75, 3.05) is 12.4 Å². The van der Waals surface area contributed by atoms with Gasteiger partial charge in [-0.25, -0.2) is 9.78 Å². The van der Waals surface area contributed by atoms with Crippen LogP contribution < -0.4 is 10.1 Å². The van der Waals surface area contributed by atoms with Gasteiger partial charge in [0.2, 0.25) is 0 Å². The van der Waals surface area contributed by atoms with Gasteiger partial charge in [-0.05, 0) is 55.0 Å². The second-order valence-corrected chi connectivity index (χ2v) is 6.46. The lowest BCUT2D eigenvalue weighted by molar-refractivity contribution is 0.0697. The molecule has 3 aromatic rings. The van der Waals surface area contributed by atoms with Crippen LogP contribution in [0.3, 0.4) is 0 Å². The summed E-state index contributed by atoms with van der Waals surface area (Å²) in [5.74, 6) is -0.121. The van der Waals surface area contributed by atoms with Crippen LogP contribution in [0.4, 0.5) is 10.8 Å². The van der Waals surface area contributed by atoms with Crippen molar-refractivity contribution in [1.82, 2.24) is 4.98 Å². The molecule has 0 aliphatic rings. The zero-order valence-corrected chi connectivity index (χ0v) is 14.8. The first-order chi connectivity index (χ1) is 12.1. The highest BCUT2D eigenvalue weighted by molar-refractivity contribution is 7.16. The first-order valence-electron chi connectivity index (χ1n) is 7.85. The van der Waals surface area contributed by atoms with Crippen molar-refractivity contribution in [3.8, 4) is 17.0 Å². The number of ether oxygens (including phenoxy) is 1. The van der Waals surface area contributed by atoms with Crippen LogP contribution in [0.5, 0.6) is 5.75 Å². The summed E-state index contributed by atoms with van der Waals surface area (Å²) in [5.41, 5.74) is 3.07. The molecule has 1 heterocycles. The van der Waals surface area contributed by atoms with Gasteiger partial charge in [0.25, 0.3) is 0 Å². The molecule has 0 aliphatic heterocycles. The highest BCUT2D eigenvalue weighted by atomic mass is 32.1. The van der Waals surface area contributed by atoms with E-state index in [0.29, 0.717) is 0 Å². The predicted octanol–water partition coefficient (Wildman–Crippen LogP) is 4.82. The third-order valence-electron chi connectivity index (χ3n) is 3.77. The van der Waals surface area contributed by atoms with Crippen molar-refractivity contribution >= 4 is 28.1 Å². The fourth-order valence-corrected chi connectivity index (χ4v) is 3.38. The minimum atomic E-state index is -0.934. The molecule has 0 unspecified atom stereocenters. The maximum absolute atomic E-state index is 10.9. The van der Waals surface area contributed by atoms with Gasteiger partial charge in [0.05, 0.1) is 18.4 Å². The van der Waals surface area contributed by atoms with Gasteiger partial charge < -0.3 is 15.2 Å². The molecular formula is C19H18N2O3S. The van der Waals surface area contributed by atoms with Crippen molar-refractivity contribution in [2.45, 2.75) is 13.3 Å². The number of carbonyl (C=O) groups is 1. The van der Waals surface area contributed by atoms with Gasteiger partial charge in [-0.2, -0.15) is 0 Å². The standard InChI is InChI=1S/C19H18N2O3S/c1-3-16-17(12-6-10-15(24-2)11-7-12)21-19(25-16)20-14-8-4-13(5-9-14)18(22)23/h4-11H,3H2,1-2H3,(H,20,21)(H,22,23). The Balaban J connectivity index is 1.85. The molecule has 0 aliphatic carbocycles. The summed E-state index contributed by atoms with van der Waals surface area (Å²) in [6.45, 7) is 2.10. The van der Waals surface area contributed by atoms with Gasteiger partial charge in [-0.1, -0.05) is 6.92 Å². The number of aryl methyl sites for hydroxylation is 1. The van der Waals surface area contributed by atoms with E-state index in [0.717, 1.165) is 34.2 Å². The van der Waals surface area contributed by atoms with Crippen LogP contribution in [0.2, 0.25) is 0 Å². The molecule has 0 radical (unpaired) electrons. The van der Waals surface area contributed by atoms with Gasteiger partial charge in [-0.15, -0.1) is 11.3 Å². The summed E-state index contributed by atoms with van der Waals surface area (Å²) < 4.78 is 5.20. The molecule has 0 spiro atoms. The van der Waals surface area contributed by atoms with E-state index in [1.54, 1.807) is 42.7 Å². The van der Waals surface area contributed by atoms with Gasteiger partial charge in [0.1, 0.15) is 5.75 Å². The number of methoxy groups -OCH3 is 1. The first kappa shape index (κ1) is 17.0. The third-order valence-corrected chi connectivity index (χ3v) is 4.88. The minimum Gasteiger partial charge on any atom is -0.497 e. The number of benzene rings is 2. The molecule has 3 rings (SSSR count). The SMILES string of the molecule is CCc1sc(Nc2ccc(C(=O)O)cc2)nc1-c1ccc(OC)cc1. The van der Waals surface area contributed by atoms with E-state index in [2.05, 4.69) is 12.2 Å². The van der Waals surface area contributed by atoms with Crippen molar-refractivity contribution in [1.29, 1.82) is 0 Å². The van der Waals surface area contributed by atoms with Crippen LogP contribution in [-0.4, -0.2) is 23.2 Å². The van der Waals surface area contributed by atoms with E-state index < -0.39 is 5.97 Å². The van der Waals surface area contributed by atoms with E-state index in [4.69, 9.17) is 14.8 Å². The zero-order valence-electron chi connectivity index (χ0n) is 13.9. The minimum absolute atomic E-state index is 0.262.